The maximum Gasteiger partial charge on any atom is 0.343 e. The quantitative estimate of drug-likeness (QED) is 0.306. The monoisotopic (exact) mass is 450 g/mol. The van der Waals surface area contributed by atoms with Gasteiger partial charge in [-0.2, -0.15) is 0 Å². The van der Waals surface area contributed by atoms with E-state index in [0.29, 0.717) is 22.6 Å². The summed E-state index contributed by atoms with van der Waals surface area (Å²) in [5.74, 6) is 0.885. The Labute approximate surface area is 175 Å². The summed E-state index contributed by atoms with van der Waals surface area (Å²) in [4.78, 5) is 24.9. The van der Waals surface area contributed by atoms with Crippen molar-refractivity contribution in [2.24, 2.45) is 0 Å². The first-order valence-corrected chi connectivity index (χ1v) is 9.53. The van der Waals surface area contributed by atoms with Crippen LogP contribution in [0.15, 0.2) is 77.0 Å². The minimum absolute atomic E-state index is 0.210. The minimum atomic E-state index is -0.490. The number of methoxy groups -OCH3 is 1. The van der Waals surface area contributed by atoms with Gasteiger partial charge in [0.2, 0.25) is 5.78 Å². The van der Waals surface area contributed by atoms with Crippen LogP contribution in [0.25, 0.3) is 6.08 Å². The molecule has 0 fully saturated rings. The van der Waals surface area contributed by atoms with E-state index in [-0.39, 0.29) is 11.5 Å². The Hall–Kier alpha value is -3.38. The topological polar surface area (TPSA) is 61.8 Å². The van der Waals surface area contributed by atoms with Gasteiger partial charge in [0.05, 0.1) is 18.2 Å². The lowest BCUT2D eigenvalue weighted by atomic mass is 10.1. The van der Waals surface area contributed by atoms with Gasteiger partial charge in [-0.05, 0) is 60.2 Å². The van der Waals surface area contributed by atoms with Crippen LogP contribution >= 0.6 is 15.9 Å². The summed E-state index contributed by atoms with van der Waals surface area (Å²) in [6, 6.07) is 18.8. The summed E-state index contributed by atoms with van der Waals surface area (Å²) < 4.78 is 17.1. The van der Waals surface area contributed by atoms with Gasteiger partial charge in [-0.3, -0.25) is 4.79 Å². The zero-order valence-corrected chi connectivity index (χ0v) is 16.9. The van der Waals surface area contributed by atoms with Crippen LogP contribution in [0.5, 0.6) is 17.2 Å². The summed E-state index contributed by atoms with van der Waals surface area (Å²) in [7, 11) is 1.59. The lowest BCUT2D eigenvalue weighted by Crippen LogP contribution is -2.08. The molecule has 144 valence electrons. The van der Waals surface area contributed by atoms with E-state index in [1.165, 1.54) is 0 Å². The molecule has 0 saturated carbocycles. The standard InChI is InChI=1S/C23H15BrO5/c1-27-17-8-2-14(3-9-17)12-21-22(25)19-11-10-18(13-20(19)29-21)28-23(26)15-4-6-16(24)7-5-15/h2-13H,1H3/b21-12-. The number of rotatable bonds is 4. The smallest absolute Gasteiger partial charge is 0.343 e. The predicted molar refractivity (Wildman–Crippen MR) is 111 cm³/mol. The number of carbonyl (C=O) groups excluding carboxylic acids is 2. The van der Waals surface area contributed by atoms with Crippen molar-refractivity contribution in [1.82, 2.24) is 0 Å². The fourth-order valence-electron chi connectivity index (χ4n) is 2.83. The summed E-state index contributed by atoms with van der Waals surface area (Å²) >= 11 is 3.33. The second-order valence-electron chi connectivity index (χ2n) is 6.27. The average molecular weight is 451 g/mol. The molecule has 1 aliphatic rings. The van der Waals surface area contributed by atoms with Gasteiger partial charge in [0.15, 0.2) is 5.76 Å². The number of fused-ring (bicyclic) bond motifs is 1. The van der Waals surface area contributed by atoms with E-state index in [1.54, 1.807) is 67.8 Å². The number of allylic oxidation sites excluding steroid dienone is 1. The Balaban J connectivity index is 1.52. The van der Waals surface area contributed by atoms with Crippen molar-refractivity contribution in [3.05, 3.63) is 93.7 Å². The van der Waals surface area contributed by atoms with Crippen molar-refractivity contribution in [2.75, 3.05) is 7.11 Å². The molecule has 0 amide bonds. The second-order valence-corrected chi connectivity index (χ2v) is 7.18. The summed E-state index contributed by atoms with van der Waals surface area (Å²) in [5, 5.41) is 0. The highest BCUT2D eigenvalue weighted by molar-refractivity contribution is 9.10. The predicted octanol–water partition coefficient (Wildman–Crippen LogP) is 5.29. The van der Waals surface area contributed by atoms with Crippen LogP contribution < -0.4 is 14.2 Å². The number of esters is 1. The number of ketones is 1. The van der Waals surface area contributed by atoms with Crippen LogP contribution in [-0.2, 0) is 0 Å². The van der Waals surface area contributed by atoms with Gasteiger partial charge in [0, 0.05) is 10.5 Å². The van der Waals surface area contributed by atoms with Crippen molar-refractivity contribution < 1.29 is 23.8 Å². The molecule has 0 aliphatic carbocycles. The zero-order chi connectivity index (χ0) is 20.4. The van der Waals surface area contributed by atoms with Crippen LogP contribution in [0.4, 0.5) is 0 Å². The highest BCUT2D eigenvalue weighted by Crippen LogP contribution is 2.35. The highest BCUT2D eigenvalue weighted by atomic mass is 79.9. The van der Waals surface area contributed by atoms with Crippen LogP contribution in [-0.4, -0.2) is 18.9 Å². The number of halogens is 1. The van der Waals surface area contributed by atoms with Gasteiger partial charge in [-0.25, -0.2) is 4.79 Å². The molecule has 0 N–H and O–H groups in total. The van der Waals surface area contributed by atoms with Gasteiger partial charge in [0.25, 0.3) is 0 Å². The number of carbonyl (C=O) groups is 2. The van der Waals surface area contributed by atoms with Crippen molar-refractivity contribution in [3.8, 4) is 17.2 Å². The average Bonchev–Trinajstić information content (AvgIpc) is 3.03. The van der Waals surface area contributed by atoms with Crippen LogP contribution in [0.3, 0.4) is 0 Å². The number of ether oxygens (including phenoxy) is 3. The molecule has 0 bridgehead atoms. The van der Waals surface area contributed by atoms with Gasteiger partial charge in [-0.1, -0.05) is 28.1 Å². The van der Waals surface area contributed by atoms with E-state index in [2.05, 4.69) is 15.9 Å². The Morgan fingerprint density at radius 3 is 2.34 bits per heavy atom. The molecule has 29 heavy (non-hydrogen) atoms. The molecule has 6 heteroatoms. The molecular weight excluding hydrogens is 436 g/mol. The summed E-state index contributed by atoms with van der Waals surface area (Å²) in [6.45, 7) is 0. The van der Waals surface area contributed by atoms with E-state index in [4.69, 9.17) is 14.2 Å². The molecular formula is C23H15BrO5. The largest absolute Gasteiger partial charge is 0.497 e. The van der Waals surface area contributed by atoms with E-state index >= 15 is 0 Å². The molecule has 0 saturated heterocycles. The first-order valence-electron chi connectivity index (χ1n) is 8.73. The van der Waals surface area contributed by atoms with Gasteiger partial charge in [-0.15, -0.1) is 0 Å². The van der Waals surface area contributed by atoms with Gasteiger partial charge in [0.1, 0.15) is 17.2 Å². The molecule has 1 aliphatic heterocycles. The molecule has 0 spiro atoms. The molecule has 0 radical (unpaired) electrons. The fourth-order valence-corrected chi connectivity index (χ4v) is 3.10. The highest BCUT2D eigenvalue weighted by Gasteiger charge is 2.28. The Morgan fingerprint density at radius 1 is 0.966 bits per heavy atom. The van der Waals surface area contributed by atoms with Crippen LogP contribution in [0, 0.1) is 0 Å². The molecule has 4 rings (SSSR count). The third kappa shape index (κ3) is 4.07. The van der Waals surface area contributed by atoms with Crippen molar-refractivity contribution in [3.63, 3.8) is 0 Å². The molecule has 3 aromatic rings. The van der Waals surface area contributed by atoms with E-state index < -0.39 is 5.97 Å². The van der Waals surface area contributed by atoms with Gasteiger partial charge >= 0.3 is 5.97 Å². The minimum Gasteiger partial charge on any atom is -0.497 e. The molecule has 0 atom stereocenters. The number of benzene rings is 3. The summed E-state index contributed by atoms with van der Waals surface area (Å²) in [5.41, 5.74) is 1.66. The number of hydrogen-bond donors (Lipinski definition) is 0. The van der Waals surface area contributed by atoms with Crippen molar-refractivity contribution >= 4 is 33.8 Å². The van der Waals surface area contributed by atoms with E-state index in [0.717, 1.165) is 15.8 Å². The van der Waals surface area contributed by atoms with Crippen molar-refractivity contribution in [1.29, 1.82) is 0 Å². The Kier molecular flexibility index (Phi) is 5.18. The number of Topliss-reactive ketones (excluding diaryl/α,β-unsaturated/α-hetero) is 1. The molecule has 3 aromatic carbocycles. The molecule has 0 unspecified atom stereocenters. The lowest BCUT2D eigenvalue weighted by molar-refractivity contribution is 0.0734. The molecule has 5 nitrogen and oxygen atoms in total. The molecule has 0 aromatic heterocycles. The zero-order valence-electron chi connectivity index (χ0n) is 15.3. The van der Waals surface area contributed by atoms with E-state index in [1.807, 2.05) is 12.1 Å². The maximum atomic E-state index is 12.6. The van der Waals surface area contributed by atoms with Gasteiger partial charge < -0.3 is 14.2 Å². The van der Waals surface area contributed by atoms with Crippen molar-refractivity contribution in [2.45, 2.75) is 0 Å². The third-order valence-corrected chi connectivity index (χ3v) is 4.87. The second kappa shape index (κ2) is 7.93. The lowest BCUT2D eigenvalue weighted by Gasteiger charge is -2.06. The van der Waals surface area contributed by atoms with Crippen LogP contribution in [0.1, 0.15) is 26.3 Å². The first-order chi connectivity index (χ1) is 14.0. The Morgan fingerprint density at radius 2 is 1.66 bits per heavy atom. The van der Waals surface area contributed by atoms with Crippen LogP contribution in [0.2, 0.25) is 0 Å². The maximum absolute atomic E-state index is 12.6. The SMILES string of the molecule is COc1ccc(/C=C2\Oc3cc(OC(=O)c4ccc(Br)cc4)ccc3C2=O)cc1. The van der Waals surface area contributed by atoms with E-state index in [9.17, 15) is 9.59 Å². The first kappa shape index (κ1) is 19.0. The number of hydrogen-bond acceptors (Lipinski definition) is 5. The summed E-state index contributed by atoms with van der Waals surface area (Å²) in [6.07, 6.45) is 1.66. The third-order valence-electron chi connectivity index (χ3n) is 4.35. The fraction of sp³-hybridized carbons (Fsp3) is 0.0435. The Bertz CT molecular complexity index is 1120. The normalized spacial score (nSPS) is 13.7. The molecule has 1 heterocycles.